The van der Waals surface area contributed by atoms with Crippen molar-refractivity contribution < 1.29 is 18.0 Å². The highest BCUT2D eigenvalue weighted by Crippen LogP contribution is 2.27. The highest BCUT2D eigenvalue weighted by molar-refractivity contribution is 7.92. The third-order valence-electron chi connectivity index (χ3n) is 6.32. The Morgan fingerprint density at radius 3 is 2.03 bits per heavy atom. The van der Waals surface area contributed by atoms with E-state index in [9.17, 15) is 18.0 Å². The van der Waals surface area contributed by atoms with Crippen LogP contribution in [0.4, 0.5) is 5.69 Å². The van der Waals surface area contributed by atoms with Gasteiger partial charge in [0.1, 0.15) is 12.6 Å². The van der Waals surface area contributed by atoms with E-state index in [1.807, 2.05) is 93.6 Å². The van der Waals surface area contributed by atoms with E-state index in [0.29, 0.717) is 12.1 Å². The minimum atomic E-state index is -3.80. The number of sulfonamides is 1. The average Bonchev–Trinajstić information content (AvgIpc) is 2.85. The zero-order valence-corrected chi connectivity index (χ0v) is 22.9. The molecule has 0 aliphatic carbocycles. The summed E-state index contributed by atoms with van der Waals surface area (Å²) in [5.74, 6) is -0.776. The van der Waals surface area contributed by atoms with Crippen molar-refractivity contribution in [1.29, 1.82) is 0 Å². The third-order valence-corrected chi connectivity index (χ3v) is 7.43. The predicted molar refractivity (Wildman–Crippen MR) is 148 cm³/mol. The van der Waals surface area contributed by atoms with Gasteiger partial charge >= 0.3 is 0 Å². The summed E-state index contributed by atoms with van der Waals surface area (Å²) in [5, 5.41) is 2.69. The van der Waals surface area contributed by atoms with Gasteiger partial charge in [-0.2, -0.15) is 0 Å². The van der Waals surface area contributed by atoms with Gasteiger partial charge in [-0.25, -0.2) is 8.42 Å². The molecule has 0 fully saturated rings. The van der Waals surface area contributed by atoms with Gasteiger partial charge in [-0.15, -0.1) is 0 Å². The standard InChI is InChI=1S/C29H35N3O4S/c1-21-11-9-16-25(17-21)19-31(26(29(34)30-4)18-24-14-7-6-8-15-24)27(33)20-32(37(5,35)36)28-22(2)12-10-13-23(28)3/h6-17,26H,18-20H2,1-5H3,(H,30,34). The van der Waals surface area contributed by atoms with Gasteiger partial charge in [0.15, 0.2) is 0 Å². The summed E-state index contributed by atoms with van der Waals surface area (Å²) >= 11 is 0. The molecule has 196 valence electrons. The van der Waals surface area contributed by atoms with Crippen LogP contribution in [0.5, 0.6) is 0 Å². The first-order chi connectivity index (χ1) is 17.5. The van der Waals surface area contributed by atoms with Crippen molar-refractivity contribution in [2.75, 3.05) is 24.2 Å². The summed E-state index contributed by atoms with van der Waals surface area (Å²) in [5.41, 5.74) is 4.75. The summed E-state index contributed by atoms with van der Waals surface area (Å²) < 4.78 is 27.0. The maximum absolute atomic E-state index is 14.0. The molecule has 1 unspecified atom stereocenters. The van der Waals surface area contributed by atoms with Gasteiger partial charge in [0.2, 0.25) is 21.8 Å². The molecule has 8 heteroatoms. The number of nitrogens with zero attached hydrogens (tertiary/aromatic N) is 2. The molecule has 0 saturated carbocycles. The van der Waals surface area contributed by atoms with Gasteiger partial charge < -0.3 is 10.2 Å². The van der Waals surface area contributed by atoms with E-state index in [1.165, 1.54) is 11.9 Å². The lowest BCUT2D eigenvalue weighted by molar-refractivity contribution is -0.139. The fourth-order valence-corrected chi connectivity index (χ4v) is 5.47. The number of benzene rings is 3. The molecule has 1 N–H and O–H groups in total. The van der Waals surface area contributed by atoms with Crippen molar-refractivity contribution >= 4 is 27.5 Å². The van der Waals surface area contributed by atoms with Crippen LogP contribution < -0.4 is 9.62 Å². The summed E-state index contributed by atoms with van der Waals surface area (Å²) in [4.78, 5) is 28.6. The Kier molecular flexibility index (Phi) is 9.10. The summed E-state index contributed by atoms with van der Waals surface area (Å²) in [6, 6.07) is 21.8. The second-order valence-electron chi connectivity index (χ2n) is 9.34. The van der Waals surface area contributed by atoms with Gasteiger partial charge in [0.25, 0.3) is 0 Å². The van der Waals surface area contributed by atoms with Crippen molar-refractivity contribution in [3.63, 3.8) is 0 Å². The van der Waals surface area contributed by atoms with Crippen molar-refractivity contribution in [3.05, 3.63) is 101 Å². The number of hydrogen-bond acceptors (Lipinski definition) is 4. The number of carbonyl (C=O) groups is 2. The number of amides is 2. The first-order valence-corrected chi connectivity index (χ1v) is 14.0. The second-order valence-corrected chi connectivity index (χ2v) is 11.2. The summed E-state index contributed by atoms with van der Waals surface area (Å²) in [6.07, 6.45) is 1.39. The number of carbonyl (C=O) groups excluding carboxylic acids is 2. The van der Waals surface area contributed by atoms with Crippen LogP contribution in [0.15, 0.2) is 72.8 Å². The summed E-state index contributed by atoms with van der Waals surface area (Å²) in [6.45, 7) is 5.34. The fourth-order valence-electron chi connectivity index (χ4n) is 4.50. The highest BCUT2D eigenvalue weighted by Gasteiger charge is 2.33. The van der Waals surface area contributed by atoms with Crippen LogP contribution in [-0.2, 0) is 32.6 Å². The zero-order valence-electron chi connectivity index (χ0n) is 22.1. The zero-order chi connectivity index (χ0) is 27.2. The Balaban J connectivity index is 2.07. The Labute approximate surface area is 220 Å². The molecule has 0 aromatic heterocycles. The molecule has 2 amide bonds. The van der Waals surface area contributed by atoms with Gasteiger partial charge in [-0.1, -0.05) is 78.4 Å². The van der Waals surface area contributed by atoms with Gasteiger partial charge in [0, 0.05) is 20.0 Å². The number of rotatable bonds is 10. The molecule has 0 aliphatic heterocycles. The number of aryl methyl sites for hydroxylation is 3. The molecular weight excluding hydrogens is 486 g/mol. The smallest absolute Gasteiger partial charge is 0.244 e. The largest absolute Gasteiger partial charge is 0.357 e. The minimum absolute atomic E-state index is 0.162. The molecule has 3 aromatic rings. The molecule has 0 bridgehead atoms. The van der Waals surface area contributed by atoms with Crippen molar-refractivity contribution in [2.24, 2.45) is 0 Å². The second kappa shape index (κ2) is 12.1. The molecule has 0 aliphatic rings. The highest BCUT2D eigenvalue weighted by atomic mass is 32.2. The molecule has 0 radical (unpaired) electrons. The Morgan fingerprint density at radius 1 is 0.865 bits per heavy atom. The first-order valence-electron chi connectivity index (χ1n) is 12.2. The quantitative estimate of drug-likeness (QED) is 0.440. The van der Waals surface area contributed by atoms with E-state index < -0.39 is 28.5 Å². The lowest BCUT2D eigenvalue weighted by atomic mass is 10.0. The van der Waals surface area contributed by atoms with Crippen LogP contribution in [0.25, 0.3) is 0 Å². The Hall–Kier alpha value is -3.65. The molecule has 0 spiro atoms. The lowest BCUT2D eigenvalue weighted by Gasteiger charge is -2.34. The molecule has 7 nitrogen and oxygen atoms in total. The maximum atomic E-state index is 14.0. The lowest BCUT2D eigenvalue weighted by Crippen LogP contribution is -2.53. The maximum Gasteiger partial charge on any atom is 0.244 e. The van der Waals surface area contributed by atoms with E-state index in [4.69, 9.17) is 0 Å². The van der Waals surface area contributed by atoms with Crippen molar-refractivity contribution in [2.45, 2.75) is 39.8 Å². The monoisotopic (exact) mass is 521 g/mol. The van der Waals surface area contributed by atoms with Crippen LogP contribution >= 0.6 is 0 Å². The summed E-state index contributed by atoms with van der Waals surface area (Å²) in [7, 11) is -2.26. The Bertz CT molecular complexity index is 1340. The van der Waals surface area contributed by atoms with E-state index in [1.54, 1.807) is 0 Å². The fraction of sp³-hybridized carbons (Fsp3) is 0.310. The third kappa shape index (κ3) is 7.20. The molecule has 0 heterocycles. The van der Waals surface area contributed by atoms with E-state index >= 15 is 0 Å². The molecule has 3 aromatic carbocycles. The first kappa shape index (κ1) is 27.9. The van der Waals surface area contributed by atoms with Crippen LogP contribution in [0.2, 0.25) is 0 Å². The number of hydrogen-bond donors (Lipinski definition) is 1. The molecule has 0 saturated heterocycles. The molecule has 37 heavy (non-hydrogen) atoms. The topological polar surface area (TPSA) is 86.8 Å². The van der Waals surface area contributed by atoms with E-state index in [0.717, 1.165) is 38.4 Å². The van der Waals surface area contributed by atoms with Crippen LogP contribution in [0.1, 0.15) is 27.8 Å². The van der Waals surface area contributed by atoms with Gasteiger partial charge in [-0.3, -0.25) is 13.9 Å². The molecule has 3 rings (SSSR count). The number of anilines is 1. The Morgan fingerprint density at radius 2 is 1.46 bits per heavy atom. The van der Waals surface area contributed by atoms with Crippen molar-refractivity contribution in [3.8, 4) is 0 Å². The minimum Gasteiger partial charge on any atom is -0.357 e. The average molecular weight is 522 g/mol. The predicted octanol–water partition coefficient (Wildman–Crippen LogP) is 3.76. The molecule has 1 atom stereocenters. The normalized spacial score (nSPS) is 12.0. The SMILES string of the molecule is CNC(=O)C(Cc1ccccc1)N(Cc1cccc(C)c1)C(=O)CN(c1c(C)cccc1C)S(C)(=O)=O. The van der Waals surface area contributed by atoms with Crippen molar-refractivity contribution in [1.82, 2.24) is 10.2 Å². The van der Waals surface area contributed by atoms with Gasteiger partial charge in [-0.05, 0) is 43.0 Å². The van der Waals surface area contributed by atoms with Crippen LogP contribution in [0, 0.1) is 20.8 Å². The molecular formula is C29H35N3O4S. The number of para-hydroxylation sites is 1. The number of likely N-dealkylation sites (N-methyl/N-ethyl adjacent to an activating group) is 1. The van der Waals surface area contributed by atoms with Crippen LogP contribution in [0.3, 0.4) is 0 Å². The van der Waals surface area contributed by atoms with Crippen LogP contribution in [-0.4, -0.2) is 51.0 Å². The van der Waals surface area contributed by atoms with Gasteiger partial charge in [0.05, 0.1) is 11.9 Å². The van der Waals surface area contributed by atoms with E-state index in [-0.39, 0.29) is 12.5 Å². The van der Waals surface area contributed by atoms with E-state index in [2.05, 4.69) is 5.32 Å². The number of nitrogens with one attached hydrogen (secondary N) is 1.